The van der Waals surface area contributed by atoms with Gasteiger partial charge in [0.1, 0.15) is 5.75 Å². The lowest BCUT2D eigenvalue weighted by atomic mass is 9.95. The number of fused-ring (bicyclic) bond motifs is 1. The standard InChI is InChI=1S/C19H22N4O2/c24-18(16-6-13-25-17-5-2-1-4-15(17)14-16)22-9-11-23(12-10-22)19-20-7-3-8-21-19/h1-5,7-8,16H,6,9-14H2. The lowest BCUT2D eigenvalue weighted by Crippen LogP contribution is -2.51. The largest absolute Gasteiger partial charge is 0.493 e. The second-order valence-corrected chi connectivity index (χ2v) is 6.51. The van der Waals surface area contributed by atoms with Gasteiger partial charge in [-0.3, -0.25) is 4.79 Å². The van der Waals surface area contributed by atoms with Gasteiger partial charge in [-0.2, -0.15) is 0 Å². The van der Waals surface area contributed by atoms with Crippen LogP contribution in [0.4, 0.5) is 5.95 Å². The maximum Gasteiger partial charge on any atom is 0.226 e. The van der Waals surface area contributed by atoms with Crippen LogP contribution in [-0.4, -0.2) is 53.6 Å². The van der Waals surface area contributed by atoms with Crippen LogP contribution in [0.1, 0.15) is 12.0 Å². The summed E-state index contributed by atoms with van der Waals surface area (Å²) in [6, 6.07) is 9.85. The zero-order chi connectivity index (χ0) is 17.1. The molecule has 6 nitrogen and oxygen atoms in total. The lowest BCUT2D eigenvalue weighted by molar-refractivity contribution is -0.136. The maximum absolute atomic E-state index is 13.0. The first-order valence-corrected chi connectivity index (χ1v) is 8.83. The van der Waals surface area contributed by atoms with Gasteiger partial charge in [-0.1, -0.05) is 18.2 Å². The summed E-state index contributed by atoms with van der Waals surface area (Å²) >= 11 is 0. The van der Waals surface area contributed by atoms with Gasteiger partial charge in [0.05, 0.1) is 6.61 Å². The topological polar surface area (TPSA) is 58.6 Å². The first-order chi connectivity index (χ1) is 12.3. The second kappa shape index (κ2) is 7.09. The summed E-state index contributed by atoms with van der Waals surface area (Å²) in [6.07, 6.45) is 5.04. The molecule has 0 saturated carbocycles. The number of aromatic nitrogens is 2. The highest BCUT2D eigenvalue weighted by Gasteiger charge is 2.30. The molecular weight excluding hydrogens is 316 g/mol. The third kappa shape index (κ3) is 3.43. The first kappa shape index (κ1) is 15.9. The molecule has 6 heteroatoms. The number of hydrogen-bond donors (Lipinski definition) is 0. The van der Waals surface area contributed by atoms with Gasteiger partial charge in [0, 0.05) is 44.5 Å². The monoisotopic (exact) mass is 338 g/mol. The minimum Gasteiger partial charge on any atom is -0.493 e. The molecule has 1 saturated heterocycles. The predicted molar refractivity (Wildman–Crippen MR) is 94.6 cm³/mol. The Hall–Kier alpha value is -2.63. The van der Waals surface area contributed by atoms with E-state index in [0.29, 0.717) is 6.61 Å². The van der Waals surface area contributed by atoms with E-state index in [1.807, 2.05) is 29.2 Å². The van der Waals surface area contributed by atoms with Gasteiger partial charge in [-0.25, -0.2) is 9.97 Å². The van der Waals surface area contributed by atoms with Crippen LogP contribution in [0.25, 0.3) is 0 Å². The number of ether oxygens (including phenoxy) is 1. The van der Waals surface area contributed by atoms with Gasteiger partial charge in [0.25, 0.3) is 0 Å². The van der Waals surface area contributed by atoms with E-state index in [4.69, 9.17) is 4.74 Å². The second-order valence-electron chi connectivity index (χ2n) is 6.51. The Morgan fingerprint density at radius 2 is 1.80 bits per heavy atom. The fraction of sp³-hybridized carbons (Fsp3) is 0.421. The number of amides is 1. The number of hydrogen-bond acceptors (Lipinski definition) is 5. The molecule has 0 N–H and O–H groups in total. The summed E-state index contributed by atoms with van der Waals surface area (Å²) in [6.45, 7) is 3.59. The highest BCUT2D eigenvalue weighted by molar-refractivity contribution is 5.79. The summed E-state index contributed by atoms with van der Waals surface area (Å²) in [4.78, 5) is 25.7. The molecule has 2 aliphatic rings. The highest BCUT2D eigenvalue weighted by atomic mass is 16.5. The van der Waals surface area contributed by atoms with Gasteiger partial charge in [0.15, 0.2) is 0 Å². The normalized spacial score (nSPS) is 20.4. The van der Waals surface area contributed by atoms with E-state index >= 15 is 0 Å². The smallest absolute Gasteiger partial charge is 0.226 e. The zero-order valence-electron chi connectivity index (χ0n) is 14.2. The van der Waals surface area contributed by atoms with Crippen molar-refractivity contribution < 1.29 is 9.53 Å². The number of piperazine rings is 1. The van der Waals surface area contributed by atoms with Crippen molar-refractivity contribution in [3.8, 4) is 5.75 Å². The van der Waals surface area contributed by atoms with Crippen molar-refractivity contribution >= 4 is 11.9 Å². The molecule has 1 aromatic heterocycles. The molecule has 0 aliphatic carbocycles. The number of rotatable bonds is 2. The molecule has 1 unspecified atom stereocenters. The third-order valence-corrected chi connectivity index (χ3v) is 4.94. The minimum absolute atomic E-state index is 0.00294. The zero-order valence-corrected chi connectivity index (χ0v) is 14.2. The van der Waals surface area contributed by atoms with E-state index in [9.17, 15) is 4.79 Å². The van der Waals surface area contributed by atoms with Crippen LogP contribution >= 0.6 is 0 Å². The molecule has 25 heavy (non-hydrogen) atoms. The van der Waals surface area contributed by atoms with Crippen LogP contribution in [-0.2, 0) is 11.2 Å². The molecule has 1 fully saturated rings. The average Bonchev–Trinajstić information content (AvgIpc) is 2.91. The van der Waals surface area contributed by atoms with E-state index < -0.39 is 0 Å². The Balaban J connectivity index is 1.39. The Morgan fingerprint density at radius 3 is 2.60 bits per heavy atom. The van der Waals surface area contributed by atoms with E-state index in [1.54, 1.807) is 12.4 Å². The number of anilines is 1. The fourth-order valence-electron chi connectivity index (χ4n) is 3.54. The van der Waals surface area contributed by atoms with E-state index in [0.717, 1.165) is 56.3 Å². The summed E-state index contributed by atoms with van der Waals surface area (Å²) in [5, 5.41) is 0. The van der Waals surface area contributed by atoms with Crippen molar-refractivity contribution in [3.63, 3.8) is 0 Å². The summed E-state index contributed by atoms with van der Waals surface area (Å²) in [5.41, 5.74) is 1.13. The van der Waals surface area contributed by atoms with Crippen LogP contribution in [0.15, 0.2) is 42.7 Å². The Labute approximate surface area is 147 Å². The molecule has 0 bridgehead atoms. The number of nitrogens with zero attached hydrogens (tertiary/aromatic N) is 4. The third-order valence-electron chi connectivity index (χ3n) is 4.94. The lowest BCUT2D eigenvalue weighted by Gasteiger charge is -2.36. The molecule has 3 heterocycles. The van der Waals surface area contributed by atoms with Crippen molar-refractivity contribution in [1.29, 1.82) is 0 Å². The van der Waals surface area contributed by atoms with Crippen molar-refractivity contribution in [1.82, 2.24) is 14.9 Å². The van der Waals surface area contributed by atoms with Crippen LogP contribution in [0, 0.1) is 5.92 Å². The van der Waals surface area contributed by atoms with Crippen LogP contribution in [0.2, 0.25) is 0 Å². The number of para-hydroxylation sites is 1. The van der Waals surface area contributed by atoms with Crippen LogP contribution < -0.4 is 9.64 Å². The number of benzene rings is 1. The summed E-state index contributed by atoms with van der Waals surface area (Å²) in [7, 11) is 0. The SMILES string of the molecule is O=C(C1CCOc2ccccc2C1)N1CCN(c2ncccn2)CC1. The molecule has 0 radical (unpaired) electrons. The molecular formula is C19H22N4O2. The Kier molecular flexibility index (Phi) is 4.50. The van der Waals surface area contributed by atoms with E-state index in [1.165, 1.54) is 0 Å². The molecule has 1 aromatic carbocycles. The van der Waals surface area contributed by atoms with Crippen molar-refractivity contribution in [2.75, 3.05) is 37.7 Å². The molecule has 1 atom stereocenters. The predicted octanol–water partition coefficient (Wildman–Crippen LogP) is 1.77. The quantitative estimate of drug-likeness (QED) is 0.835. The average molecular weight is 338 g/mol. The molecule has 2 aliphatic heterocycles. The van der Waals surface area contributed by atoms with Gasteiger partial charge in [0.2, 0.25) is 11.9 Å². The Bertz CT molecular complexity index is 729. The summed E-state index contributed by atoms with van der Waals surface area (Å²) in [5.74, 6) is 1.91. The molecule has 1 amide bonds. The van der Waals surface area contributed by atoms with Crippen molar-refractivity contribution in [3.05, 3.63) is 48.3 Å². The van der Waals surface area contributed by atoms with Gasteiger partial charge < -0.3 is 14.5 Å². The molecule has 2 aromatic rings. The molecule has 0 spiro atoms. The maximum atomic E-state index is 13.0. The van der Waals surface area contributed by atoms with E-state index in [2.05, 4.69) is 20.9 Å². The van der Waals surface area contributed by atoms with Gasteiger partial charge in [-0.05, 0) is 30.5 Å². The van der Waals surface area contributed by atoms with Crippen LogP contribution in [0.3, 0.4) is 0 Å². The van der Waals surface area contributed by atoms with Crippen molar-refractivity contribution in [2.24, 2.45) is 5.92 Å². The fourth-order valence-corrected chi connectivity index (χ4v) is 3.54. The van der Waals surface area contributed by atoms with Gasteiger partial charge in [-0.15, -0.1) is 0 Å². The van der Waals surface area contributed by atoms with E-state index in [-0.39, 0.29) is 11.8 Å². The minimum atomic E-state index is 0.00294. The number of carbonyl (C=O) groups is 1. The summed E-state index contributed by atoms with van der Waals surface area (Å²) < 4.78 is 5.80. The molecule has 130 valence electrons. The first-order valence-electron chi connectivity index (χ1n) is 8.83. The van der Waals surface area contributed by atoms with Crippen molar-refractivity contribution in [2.45, 2.75) is 12.8 Å². The van der Waals surface area contributed by atoms with Crippen LogP contribution in [0.5, 0.6) is 5.75 Å². The number of carbonyl (C=O) groups excluding carboxylic acids is 1. The molecule has 4 rings (SSSR count). The Morgan fingerprint density at radius 1 is 1.04 bits per heavy atom. The highest BCUT2D eigenvalue weighted by Crippen LogP contribution is 2.28. The van der Waals surface area contributed by atoms with Gasteiger partial charge >= 0.3 is 0 Å².